The lowest BCUT2D eigenvalue weighted by Crippen LogP contribution is -1.76. The van der Waals surface area contributed by atoms with Crippen molar-refractivity contribution in [3.8, 4) is 0 Å². The topological polar surface area (TPSA) is 0 Å². The van der Waals surface area contributed by atoms with Crippen molar-refractivity contribution in [1.82, 2.24) is 0 Å². The summed E-state index contributed by atoms with van der Waals surface area (Å²) < 4.78 is 0. The molecule has 5 aromatic rings. The van der Waals surface area contributed by atoms with Gasteiger partial charge in [0.25, 0.3) is 0 Å². The van der Waals surface area contributed by atoms with Gasteiger partial charge in [0.1, 0.15) is 0 Å². The molecule has 1 aliphatic rings. The highest BCUT2D eigenvalue weighted by Crippen LogP contribution is 2.30. The van der Waals surface area contributed by atoms with Gasteiger partial charge in [0, 0.05) is 0 Å². The van der Waals surface area contributed by atoms with Gasteiger partial charge in [-0.25, -0.2) is 0 Å². The molecule has 0 N–H and O–H groups in total. The molecule has 0 fully saturated rings. The molecule has 122 valence electrons. The van der Waals surface area contributed by atoms with Crippen LogP contribution in [-0.4, -0.2) is 0 Å². The quantitative estimate of drug-likeness (QED) is 0.256. The summed E-state index contributed by atoms with van der Waals surface area (Å²) in [5.74, 6) is 0. The minimum Gasteiger partial charge on any atom is -0.0616 e. The van der Waals surface area contributed by atoms with E-state index in [2.05, 4.69) is 109 Å². The molecule has 0 aliphatic heterocycles. The van der Waals surface area contributed by atoms with Gasteiger partial charge in [0.05, 0.1) is 0 Å². The lowest BCUT2D eigenvalue weighted by molar-refractivity contribution is 1.72. The first-order valence-electron chi connectivity index (χ1n) is 8.96. The molecule has 1 aliphatic carbocycles. The second kappa shape index (κ2) is 6.16. The molecule has 0 unspecified atom stereocenters. The monoisotopic (exact) mass is 330 g/mol. The Balaban J connectivity index is 0.000000117. The van der Waals surface area contributed by atoms with E-state index in [1.54, 1.807) is 0 Å². The SMILES string of the molecule is C1=Cc2cccc3cccc1c23.c1ccc2cc3ccccc3cc2c1. The minimum absolute atomic E-state index is 1.31. The Labute approximate surface area is 153 Å². The van der Waals surface area contributed by atoms with E-state index < -0.39 is 0 Å². The van der Waals surface area contributed by atoms with Gasteiger partial charge in [-0.05, 0) is 55.6 Å². The van der Waals surface area contributed by atoms with Crippen molar-refractivity contribution in [2.24, 2.45) is 0 Å². The van der Waals surface area contributed by atoms with E-state index in [9.17, 15) is 0 Å². The van der Waals surface area contributed by atoms with Crippen molar-refractivity contribution < 1.29 is 0 Å². The normalized spacial score (nSPS) is 11.7. The summed E-state index contributed by atoms with van der Waals surface area (Å²) in [7, 11) is 0. The van der Waals surface area contributed by atoms with E-state index in [-0.39, 0.29) is 0 Å². The maximum Gasteiger partial charge on any atom is -0.00389 e. The maximum atomic E-state index is 2.24. The highest BCUT2D eigenvalue weighted by Gasteiger charge is 2.06. The number of benzene rings is 5. The maximum absolute atomic E-state index is 2.24. The zero-order valence-electron chi connectivity index (χ0n) is 14.4. The molecule has 0 radical (unpaired) electrons. The fraction of sp³-hybridized carbons (Fsp3) is 0. The van der Waals surface area contributed by atoms with Crippen LogP contribution in [0.1, 0.15) is 11.1 Å². The van der Waals surface area contributed by atoms with Gasteiger partial charge in [-0.2, -0.15) is 0 Å². The second-order valence-electron chi connectivity index (χ2n) is 6.67. The van der Waals surface area contributed by atoms with Crippen LogP contribution in [0.25, 0.3) is 44.5 Å². The third kappa shape index (κ3) is 2.57. The molecule has 6 rings (SSSR count). The predicted octanol–water partition coefficient (Wildman–Crippen LogP) is 7.32. The summed E-state index contributed by atoms with van der Waals surface area (Å²) in [4.78, 5) is 0. The van der Waals surface area contributed by atoms with Gasteiger partial charge in [-0.15, -0.1) is 0 Å². The molecule has 0 bridgehead atoms. The molecule has 0 amide bonds. The average molecular weight is 330 g/mol. The summed E-state index contributed by atoms with van der Waals surface area (Å²) in [5, 5.41) is 7.99. The largest absolute Gasteiger partial charge is 0.0616 e. The number of rotatable bonds is 0. The summed E-state index contributed by atoms with van der Waals surface area (Å²) in [6.07, 6.45) is 4.36. The first kappa shape index (κ1) is 14.9. The van der Waals surface area contributed by atoms with Gasteiger partial charge in [0.2, 0.25) is 0 Å². The first-order chi connectivity index (χ1) is 12.9. The smallest absolute Gasteiger partial charge is 0.00389 e. The lowest BCUT2D eigenvalue weighted by Gasteiger charge is -2.00. The summed E-state index contributed by atoms with van der Waals surface area (Å²) in [6.45, 7) is 0. The minimum atomic E-state index is 1.31. The summed E-state index contributed by atoms with van der Waals surface area (Å²) in [5.41, 5.74) is 2.70. The van der Waals surface area contributed by atoms with E-state index in [1.807, 2.05) is 0 Å². The molecular weight excluding hydrogens is 312 g/mol. The Morgan fingerprint density at radius 2 is 0.731 bits per heavy atom. The van der Waals surface area contributed by atoms with Crippen molar-refractivity contribution >= 4 is 44.5 Å². The van der Waals surface area contributed by atoms with Gasteiger partial charge in [-0.1, -0.05) is 97.1 Å². The highest BCUT2D eigenvalue weighted by atomic mass is 14.1. The number of fused-ring (bicyclic) bond motifs is 2. The summed E-state index contributed by atoms with van der Waals surface area (Å²) in [6, 6.07) is 34.3. The van der Waals surface area contributed by atoms with Gasteiger partial charge in [0.15, 0.2) is 0 Å². The summed E-state index contributed by atoms with van der Waals surface area (Å²) >= 11 is 0. The van der Waals surface area contributed by atoms with Crippen LogP contribution < -0.4 is 0 Å². The van der Waals surface area contributed by atoms with E-state index in [0.29, 0.717) is 0 Å². The second-order valence-corrected chi connectivity index (χ2v) is 6.67. The fourth-order valence-electron chi connectivity index (χ4n) is 3.74. The molecule has 0 heterocycles. The van der Waals surface area contributed by atoms with Crippen LogP contribution in [0.4, 0.5) is 0 Å². The standard InChI is InChI=1S/C14H10.C12H8/c1-2-6-12-10-14-8-4-3-7-13(14)9-11(12)5-1;1-3-9-4-2-6-11-8-7-10(5-1)12(9)11/h1-10H;1-8H. The Bertz CT molecular complexity index is 1130. The van der Waals surface area contributed by atoms with Crippen LogP contribution in [0.2, 0.25) is 0 Å². The van der Waals surface area contributed by atoms with E-state index in [4.69, 9.17) is 0 Å². The molecule has 5 aromatic carbocycles. The van der Waals surface area contributed by atoms with Gasteiger partial charge >= 0.3 is 0 Å². The highest BCUT2D eigenvalue weighted by molar-refractivity contribution is 6.04. The lowest BCUT2D eigenvalue weighted by atomic mass is 10.0. The Hall–Kier alpha value is -3.38. The van der Waals surface area contributed by atoms with Crippen LogP contribution in [0, 0.1) is 0 Å². The zero-order valence-corrected chi connectivity index (χ0v) is 14.4. The fourth-order valence-corrected chi connectivity index (χ4v) is 3.74. The van der Waals surface area contributed by atoms with E-state index in [0.717, 1.165) is 0 Å². The van der Waals surface area contributed by atoms with Crippen LogP contribution in [-0.2, 0) is 0 Å². The number of hydrogen-bond donors (Lipinski definition) is 0. The van der Waals surface area contributed by atoms with Crippen molar-refractivity contribution in [3.05, 3.63) is 108 Å². The van der Waals surface area contributed by atoms with Crippen LogP contribution in [0.15, 0.2) is 97.1 Å². The number of hydrogen-bond acceptors (Lipinski definition) is 0. The van der Waals surface area contributed by atoms with Crippen LogP contribution in [0.5, 0.6) is 0 Å². The Kier molecular flexibility index (Phi) is 3.54. The van der Waals surface area contributed by atoms with Crippen LogP contribution in [0.3, 0.4) is 0 Å². The Morgan fingerprint density at radius 1 is 0.346 bits per heavy atom. The molecule has 0 nitrogen and oxygen atoms in total. The first-order valence-corrected chi connectivity index (χ1v) is 8.96. The molecular formula is C26H18. The van der Waals surface area contributed by atoms with E-state index >= 15 is 0 Å². The van der Waals surface area contributed by atoms with Crippen molar-refractivity contribution in [2.45, 2.75) is 0 Å². The Morgan fingerprint density at radius 3 is 1.15 bits per heavy atom. The zero-order chi connectivity index (χ0) is 17.3. The molecule has 0 spiro atoms. The molecule has 0 aromatic heterocycles. The predicted molar refractivity (Wildman–Crippen MR) is 114 cm³/mol. The van der Waals surface area contributed by atoms with Crippen molar-refractivity contribution in [1.29, 1.82) is 0 Å². The molecule has 0 saturated heterocycles. The third-order valence-corrected chi connectivity index (χ3v) is 5.03. The van der Waals surface area contributed by atoms with Crippen LogP contribution >= 0.6 is 0 Å². The molecule has 26 heavy (non-hydrogen) atoms. The third-order valence-electron chi connectivity index (χ3n) is 5.03. The molecule has 0 atom stereocenters. The molecule has 0 saturated carbocycles. The molecule has 0 heteroatoms. The van der Waals surface area contributed by atoms with Crippen molar-refractivity contribution in [2.75, 3.05) is 0 Å². The van der Waals surface area contributed by atoms with Gasteiger partial charge in [-0.3, -0.25) is 0 Å². The van der Waals surface area contributed by atoms with Gasteiger partial charge < -0.3 is 0 Å². The van der Waals surface area contributed by atoms with Crippen molar-refractivity contribution in [3.63, 3.8) is 0 Å². The van der Waals surface area contributed by atoms with E-state index in [1.165, 1.54) is 43.4 Å². The average Bonchev–Trinajstić information content (AvgIpc) is 3.12.